The number of thiocarbonyl (C=S) groups is 1. The molecule has 150 valence electrons. The molecule has 1 aliphatic rings. The van der Waals surface area contributed by atoms with E-state index in [1.807, 2.05) is 0 Å². The van der Waals surface area contributed by atoms with Gasteiger partial charge in [-0.05, 0) is 24.3 Å². The van der Waals surface area contributed by atoms with E-state index in [1.54, 1.807) is 30.3 Å². The molecular weight excluding hydrogens is 459 g/mol. The lowest BCUT2D eigenvalue weighted by Crippen LogP contribution is -2.46. The standard InChI is InChI=1S/C18H12Cl2N2O5S2/c19-9-2-1-3-10(20)15(9)12-5-4-8(27-12)6-13-16(24)22(18(28)29-13)11(17(25)26)7-14(21)23/h1-6,11H,7H2,(H2,21,23)(H,25,26)/b13-6+. The van der Waals surface area contributed by atoms with Crippen LogP contribution in [0.1, 0.15) is 12.2 Å². The molecule has 2 heterocycles. The second kappa shape index (κ2) is 8.58. The number of nitrogens with two attached hydrogens (primary N) is 1. The summed E-state index contributed by atoms with van der Waals surface area (Å²) in [6.07, 6.45) is 0.877. The molecule has 0 spiro atoms. The smallest absolute Gasteiger partial charge is 0.327 e. The van der Waals surface area contributed by atoms with E-state index in [0.29, 0.717) is 27.1 Å². The van der Waals surface area contributed by atoms with Gasteiger partial charge in [0.1, 0.15) is 21.9 Å². The topological polar surface area (TPSA) is 114 Å². The molecule has 3 N–H and O–H groups in total. The first-order valence-corrected chi connectivity index (χ1v) is 9.99. The molecule has 7 nitrogen and oxygen atoms in total. The highest BCUT2D eigenvalue weighted by Gasteiger charge is 2.41. The number of carboxylic acid groups (broad SMARTS) is 1. The van der Waals surface area contributed by atoms with Crippen LogP contribution in [0.4, 0.5) is 0 Å². The monoisotopic (exact) mass is 470 g/mol. The van der Waals surface area contributed by atoms with Gasteiger partial charge >= 0.3 is 5.97 Å². The predicted octanol–water partition coefficient (Wildman–Crippen LogP) is 3.78. The first-order chi connectivity index (χ1) is 13.7. The maximum Gasteiger partial charge on any atom is 0.327 e. The summed E-state index contributed by atoms with van der Waals surface area (Å²) in [4.78, 5) is 36.3. The molecule has 1 atom stereocenters. The average molecular weight is 471 g/mol. The summed E-state index contributed by atoms with van der Waals surface area (Å²) in [5, 5.41) is 10.1. The van der Waals surface area contributed by atoms with Gasteiger partial charge in [-0.15, -0.1) is 0 Å². The number of carbonyl (C=O) groups excluding carboxylic acids is 2. The summed E-state index contributed by atoms with van der Waals surface area (Å²) in [6, 6.07) is 6.82. The molecule has 29 heavy (non-hydrogen) atoms. The first-order valence-electron chi connectivity index (χ1n) is 8.01. The van der Waals surface area contributed by atoms with Crippen LogP contribution in [-0.4, -0.2) is 38.2 Å². The number of aliphatic carboxylic acids is 1. The number of hydrogen-bond acceptors (Lipinski definition) is 6. The maximum absolute atomic E-state index is 12.7. The van der Waals surface area contributed by atoms with E-state index in [1.165, 1.54) is 6.08 Å². The van der Waals surface area contributed by atoms with Crippen molar-refractivity contribution in [2.45, 2.75) is 12.5 Å². The van der Waals surface area contributed by atoms with Crippen LogP contribution in [0.3, 0.4) is 0 Å². The number of hydrogen-bond donors (Lipinski definition) is 2. The van der Waals surface area contributed by atoms with Gasteiger partial charge in [-0.3, -0.25) is 14.5 Å². The fourth-order valence-corrected chi connectivity index (χ4v) is 4.58. The van der Waals surface area contributed by atoms with Gasteiger partial charge in [-0.1, -0.05) is 53.2 Å². The van der Waals surface area contributed by atoms with Crippen LogP contribution >= 0.6 is 47.2 Å². The molecule has 0 saturated carbocycles. The Hall–Kier alpha value is -2.33. The molecule has 1 aliphatic heterocycles. The Morgan fingerprint density at radius 2 is 1.93 bits per heavy atom. The number of primary amides is 1. The van der Waals surface area contributed by atoms with Crippen molar-refractivity contribution in [1.82, 2.24) is 4.90 Å². The van der Waals surface area contributed by atoms with E-state index in [-0.39, 0.29) is 9.23 Å². The van der Waals surface area contributed by atoms with Crippen LogP contribution in [0.25, 0.3) is 17.4 Å². The second-order valence-electron chi connectivity index (χ2n) is 5.87. The van der Waals surface area contributed by atoms with E-state index < -0.39 is 30.2 Å². The Morgan fingerprint density at radius 1 is 1.28 bits per heavy atom. The Balaban J connectivity index is 1.90. The molecule has 0 aliphatic carbocycles. The van der Waals surface area contributed by atoms with Gasteiger partial charge in [-0.25, -0.2) is 4.79 Å². The highest BCUT2D eigenvalue weighted by atomic mass is 35.5. The van der Waals surface area contributed by atoms with E-state index in [9.17, 15) is 19.5 Å². The van der Waals surface area contributed by atoms with Crippen LogP contribution in [0.2, 0.25) is 10.0 Å². The van der Waals surface area contributed by atoms with Crippen molar-refractivity contribution in [3.63, 3.8) is 0 Å². The third-order valence-corrected chi connectivity index (χ3v) is 5.88. The lowest BCUT2D eigenvalue weighted by molar-refractivity contribution is -0.146. The molecule has 1 unspecified atom stereocenters. The number of amides is 2. The summed E-state index contributed by atoms with van der Waals surface area (Å²) in [7, 11) is 0. The quantitative estimate of drug-likeness (QED) is 0.487. The minimum atomic E-state index is -1.47. The van der Waals surface area contributed by atoms with E-state index in [4.69, 9.17) is 45.6 Å². The SMILES string of the molecule is NC(=O)CC(C(=O)O)N1C(=O)/C(=C\c2ccc(-c3c(Cl)cccc3Cl)o2)SC1=S. The average Bonchev–Trinajstić information content (AvgIpc) is 3.18. The molecule has 2 amide bonds. The highest BCUT2D eigenvalue weighted by molar-refractivity contribution is 8.26. The lowest BCUT2D eigenvalue weighted by atomic mass is 10.1. The summed E-state index contributed by atoms with van der Waals surface area (Å²) in [6.45, 7) is 0. The third kappa shape index (κ3) is 4.48. The predicted molar refractivity (Wildman–Crippen MR) is 114 cm³/mol. The van der Waals surface area contributed by atoms with E-state index in [2.05, 4.69) is 0 Å². The Morgan fingerprint density at radius 3 is 2.52 bits per heavy atom. The molecule has 1 aromatic heterocycles. The minimum Gasteiger partial charge on any atom is -0.480 e. The van der Waals surface area contributed by atoms with Gasteiger partial charge in [0, 0.05) is 6.08 Å². The van der Waals surface area contributed by atoms with Gasteiger partial charge in [0.05, 0.1) is 26.9 Å². The number of benzene rings is 1. The van der Waals surface area contributed by atoms with Crippen LogP contribution in [-0.2, 0) is 14.4 Å². The maximum atomic E-state index is 12.7. The van der Waals surface area contributed by atoms with Crippen molar-refractivity contribution in [1.29, 1.82) is 0 Å². The van der Waals surface area contributed by atoms with E-state index in [0.717, 1.165) is 16.7 Å². The molecule has 0 bridgehead atoms. The number of thioether (sulfide) groups is 1. The van der Waals surface area contributed by atoms with Crippen molar-refractivity contribution >= 4 is 75.4 Å². The third-order valence-electron chi connectivity index (χ3n) is 3.92. The zero-order valence-corrected chi connectivity index (χ0v) is 17.6. The van der Waals surface area contributed by atoms with Gasteiger partial charge in [0.2, 0.25) is 5.91 Å². The molecule has 0 radical (unpaired) electrons. The van der Waals surface area contributed by atoms with Crippen molar-refractivity contribution in [3.8, 4) is 11.3 Å². The zero-order chi connectivity index (χ0) is 21.3. The fourth-order valence-electron chi connectivity index (χ4n) is 2.66. The van der Waals surface area contributed by atoms with Crippen molar-refractivity contribution in [2.24, 2.45) is 5.73 Å². The number of halogens is 2. The van der Waals surface area contributed by atoms with Gasteiger partial charge in [-0.2, -0.15) is 0 Å². The number of nitrogens with zero attached hydrogens (tertiary/aromatic N) is 1. The minimum absolute atomic E-state index is 0.0100. The normalized spacial score (nSPS) is 16.5. The number of furan rings is 1. The van der Waals surface area contributed by atoms with Crippen molar-refractivity contribution in [3.05, 3.63) is 51.0 Å². The summed E-state index contributed by atoms with van der Waals surface area (Å²) >= 11 is 18.4. The largest absolute Gasteiger partial charge is 0.480 e. The van der Waals surface area contributed by atoms with Crippen LogP contribution in [0.15, 0.2) is 39.7 Å². The second-order valence-corrected chi connectivity index (χ2v) is 8.37. The Labute approximate surface area is 184 Å². The van der Waals surface area contributed by atoms with Gasteiger partial charge in [0.15, 0.2) is 0 Å². The van der Waals surface area contributed by atoms with E-state index >= 15 is 0 Å². The Bertz CT molecular complexity index is 1050. The lowest BCUT2D eigenvalue weighted by Gasteiger charge is -2.21. The van der Waals surface area contributed by atoms with Crippen LogP contribution in [0.5, 0.6) is 0 Å². The molecule has 2 aromatic rings. The molecular formula is C18H12Cl2N2O5S2. The van der Waals surface area contributed by atoms with Crippen molar-refractivity contribution < 1.29 is 23.9 Å². The zero-order valence-electron chi connectivity index (χ0n) is 14.4. The number of carbonyl (C=O) groups is 3. The molecule has 1 aromatic carbocycles. The van der Waals surface area contributed by atoms with Gasteiger partial charge in [0.25, 0.3) is 5.91 Å². The molecule has 1 fully saturated rings. The van der Waals surface area contributed by atoms with Crippen molar-refractivity contribution in [2.75, 3.05) is 0 Å². The Kier molecular flexibility index (Phi) is 6.33. The van der Waals surface area contributed by atoms with Gasteiger partial charge < -0.3 is 15.3 Å². The summed E-state index contributed by atoms with van der Waals surface area (Å²) in [5.74, 6) is -2.17. The van der Waals surface area contributed by atoms with Crippen LogP contribution < -0.4 is 5.73 Å². The van der Waals surface area contributed by atoms with Crippen LogP contribution in [0, 0.1) is 0 Å². The summed E-state index contributed by atoms with van der Waals surface area (Å²) < 4.78 is 5.73. The molecule has 1 saturated heterocycles. The molecule has 3 rings (SSSR count). The fraction of sp³-hybridized carbons (Fsp3) is 0.111. The highest BCUT2D eigenvalue weighted by Crippen LogP contribution is 2.38. The summed E-state index contributed by atoms with van der Waals surface area (Å²) in [5.41, 5.74) is 5.60. The molecule has 11 heteroatoms. The number of carboxylic acids is 1. The number of rotatable bonds is 6. The first kappa shape index (κ1) is 21.4.